The van der Waals surface area contributed by atoms with Crippen LogP contribution in [0.1, 0.15) is 58.8 Å². The van der Waals surface area contributed by atoms with E-state index in [0.29, 0.717) is 12.1 Å². The minimum absolute atomic E-state index is 0.161. The van der Waals surface area contributed by atoms with Crippen LogP contribution in [0.5, 0.6) is 5.19 Å². The van der Waals surface area contributed by atoms with Crippen molar-refractivity contribution in [3.8, 4) is 5.19 Å². The van der Waals surface area contributed by atoms with Gasteiger partial charge < -0.3 is 14.8 Å². The summed E-state index contributed by atoms with van der Waals surface area (Å²) in [5.41, 5.74) is 0.00854. The smallest absolute Gasteiger partial charge is 0.408 e. The van der Waals surface area contributed by atoms with Crippen LogP contribution in [0, 0.1) is 5.41 Å². The van der Waals surface area contributed by atoms with E-state index in [2.05, 4.69) is 10.3 Å². The highest BCUT2D eigenvalue weighted by atomic mass is 32.2. The van der Waals surface area contributed by atoms with Crippen LogP contribution < -0.4 is 14.8 Å². The van der Waals surface area contributed by atoms with Crippen molar-refractivity contribution in [1.29, 1.82) is 0 Å². The number of nitrogens with one attached hydrogen (secondary N) is 2. The molecule has 2 aromatic rings. The largest absolute Gasteiger partial charge is 0.444 e. The number of aromatic nitrogens is 1. The molecule has 0 aliphatic rings. The Morgan fingerprint density at radius 3 is 2.24 bits per heavy atom. The summed E-state index contributed by atoms with van der Waals surface area (Å²) < 4.78 is 43.5. The number of rotatable bonds is 7. The molecule has 1 aromatic carbocycles. The molecule has 1 atom stereocenters. The number of hydrogen-bond acceptors (Lipinski definition) is 8. The van der Waals surface area contributed by atoms with Gasteiger partial charge in [-0.05, 0) is 65.7 Å². The quantitative estimate of drug-likeness (QED) is 0.381. The van der Waals surface area contributed by atoms with Gasteiger partial charge in [-0.1, -0.05) is 23.5 Å². The molecule has 0 aliphatic carbocycles. The normalized spacial score (nSPS) is 13.2. The SMILES string of the molecule is CC(C)(C)OC(=O)NC(Cc1ccc(NS(=O)(=O)O)cc1)c1csc(OC(=O)C(C)(C)C)n1. The number of amides is 1. The van der Waals surface area contributed by atoms with Crippen LogP contribution in [0.3, 0.4) is 0 Å². The zero-order valence-corrected chi connectivity index (χ0v) is 21.0. The van der Waals surface area contributed by atoms with Crippen LogP contribution in [-0.4, -0.2) is 35.6 Å². The Bertz CT molecular complexity index is 1080. The van der Waals surface area contributed by atoms with Gasteiger partial charge in [-0.15, -0.1) is 0 Å². The van der Waals surface area contributed by atoms with E-state index < -0.39 is 39.4 Å². The first kappa shape index (κ1) is 26.6. The second-order valence-corrected chi connectivity index (χ2v) is 11.3. The Kier molecular flexibility index (Phi) is 8.09. The van der Waals surface area contributed by atoms with E-state index in [4.69, 9.17) is 14.0 Å². The van der Waals surface area contributed by atoms with Crippen molar-refractivity contribution in [1.82, 2.24) is 10.3 Å². The molecule has 0 aliphatic heterocycles. The molecule has 0 fully saturated rings. The molecule has 1 unspecified atom stereocenters. The third-order valence-corrected chi connectivity index (χ3v) is 5.21. The summed E-state index contributed by atoms with van der Waals surface area (Å²) in [7, 11) is -4.38. The van der Waals surface area contributed by atoms with Gasteiger partial charge in [0.25, 0.3) is 5.19 Å². The van der Waals surface area contributed by atoms with Crippen LogP contribution in [0.25, 0.3) is 0 Å². The van der Waals surface area contributed by atoms with Crippen molar-refractivity contribution in [3.63, 3.8) is 0 Å². The molecular weight excluding hydrogens is 470 g/mol. The van der Waals surface area contributed by atoms with E-state index in [1.165, 1.54) is 12.1 Å². The predicted molar refractivity (Wildman–Crippen MR) is 125 cm³/mol. The van der Waals surface area contributed by atoms with Gasteiger partial charge in [0.1, 0.15) is 5.60 Å². The van der Waals surface area contributed by atoms with Crippen LogP contribution >= 0.6 is 11.3 Å². The summed E-state index contributed by atoms with van der Waals surface area (Å²) in [4.78, 5) is 28.9. The van der Waals surface area contributed by atoms with Crippen molar-refractivity contribution in [2.45, 2.75) is 59.6 Å². The van der Waals surface area contributed by atoms with Crippen molar-refractivity contribution in [3.05, 3.63) is 40.9 Å². The van der Waals surface area contributed by atoms with Gasteiger partial charge in [0.15, 0.2) is 0 Å². The number of ether oxygens (including phenoxy) is 2. The topological polar surface area (TPSA) is 144 Å². The second kappa shape index (κ2) is 10.1. The number of hydrogen-bond donors (Lipinski definition) is 3. The molecule has 1 heterocycles. The van der Waals surface area contributed by atoms with Gasteiger partial charge in [0.05, 0.1) is 22.8 Å². The molecule has 1 amide bonds. The van der Waals surface area contributed by atoms with Crippen molar-refractivity contribution < 1.29 is 32.0 Å². The van der Waals surface area contributed by atoms with Gasteiger partial charge in [0, 0.05) is 5.38 Å². The lowest BCUT2D eigenvalue weighted by molar-refractivity contribution is -0.143. The lowest BCUT2D eigenvalue weighted by Crippen LogP contribution is -2.36. The number of carbonyl (C=O) groups is 2. The fourth-order valence-corrected chi connectivity index (χ4v) is 3.64. The third-order valence-electron chi connectivity index (χ3n) is 3.98. The monoisotopic (exact) mass is 499 g/mol. The third kappa shape index (κ3) is 9.36. The number of alkyl carbamates (subject to hydrolysis) is 1. The Hall–Kier alpha value is -2.70. The van der Waals surface area contributed by atoms with Gasteiger partial charge in [0.2, 0.25) is 0 Å². The van der Waals surface area contributed by atoms with E-state index in [-0.39, 0.29) is 10.9 Å². The van der Waals surface area contributed by atoms with Gasteiger partial charge in [-0.3, -0.25) is 14.1 Å². The fraction of sp³-hybridized carbons (Fsp3) is 0.476. The molecule has 0 spiro atoms. The minimum atomic E-state index is -4.38. The zero-order chi connectivity index (χ0) is 25.0. The molecule has 1 aromatic heterocycles. The predicted octanol–water partition coefficient (Wildman–Crippen LogP) is 4.12. The van der Waals surface area contributed by atoms with E-state index in [1.54, 1.807) is 59.1 Å². The molecule has 10 nitrogen and oxygen atoms in total. The lowest BCUT2D eigenvalue weighted by atomic mass is 9.98. The first-order chi connectivity index (χ1) is 15.0. The Labute approximate surface area is 197 Å². The highest BCUT2D eigenvalue weighted by molar-refractivity contribution is 7.87. The van der Waals surface area contributed by atoms with E-state index in [0.717, 1.165) is 16.9 Å². The molecule has 0 saturated heterocycles. The Morgan fingerprint density at radius 2 is 1.73 bits per heavy atom. The maximum Gasteiger partial charge on any atom is 0.408 e. The summed E-state index contributed by atoms with van der Waals surface area (Å²) in [6.45, 7) is 10.4. The molecule has 0 radical (unpaired) electrons. The standard InChI is InChI=1S/C21H29N3O7S2/c1-20(2,3)17(25)30-19-23-16(12-32-19)15(22-18(26)31-21(4,5)6)11-13-7-9-14(10-8-13)24-33(27,28)29/h7-10,12,15,24H,11H2,1-6H3,(H,22,26)(H,27,28,29). The molecular formula is C21H29N3O7S2. The zero-order valence-electron chi connectivity index (χ0n) is 19.3. The summed E-state index contributed by atoms with van der Waals surface area (Å²) >= 11 is 1.13. The number of carbonyl (C=O) groups excluding carboxylic acids is 2. The highest BCUT2D eigenvalue weighted by Crippen LogP contribution is 2.28. The number of anilines is 1. The summed E-state index contributed by atoms with van der Waals surface area (Å²) in [5.74, 6) is -0.429. The Morgan fingerprint density at radius 1 is 1.12 bits per heavy atom. The summed E-state index contributed by atoms with van der Waals surface area (Å²) in [6, 6.07) is 5.63. The van der Waals surface area contributed by atoms with Gasteiger partial charge in [-0.25, -0.2) is 9.78 Å². The fourth-order valence-electron chi connectivity index (χ4n) is 2.48. The average Bonchev–Trinajstić information content (AvgIpc) is 3.07. The van der Waals surface area contributed by atoms with Crippen molar-refractivity contribution in [2.75, 3.05) is 4.72 Å². The average molecular weight is 500 g/mol. The minimum Gasteiger partial charge on any atom is -0.444 e. The van der Waals surface area contributed by atoms with Crippen LogP contribution in [-0.2, 0) is 26.3 Å². The van der Waals surface area contributed by atoms with E-state index in [9.17, 15) is 18.0 Å². The van der Waals surface area contributed by atoms with Crippen molar-refractivity contribution in [2.24, 2.45) is 5.41 Å². The molecule has 0 saturated carbocycles. The molecule has 0 bridgehead atoms. The molecule has 12 heteroatoms. The first-order valence-corrected chi connectivity index (χ1v) is 12.4. The number of benzene rings is 1. The molecule has 3 N–H and O–H groups in total. The lowest BCUT2D eigenvalue weighted by Gasteiger charge is -2.23. The molecule has 2 rings (SSSR count). The second-order valence-electron chi connectivity index (χ2n) is 9.35. The maximum atomic E-state index is 12.4. The highest BCUT2D eigenvalue weighted by Gasteiger charge is 2.27. The first-order valence-electron chi connectivity index (χ1n) is 10.0. The number of nitrogens with zero attached hydrogens (tertiary/aromatic N) is 1. The van der Waals surface area contributed by atoms with E-state index in [1.807, 2.05) is 4.72 Å². The summed E-state index contributed by atoms with van der Waals surface area (Å²) in [5, 5.41) is 4.62. The van der Waals surface area contributed by atoms with Crippen molar-refractivity contribution >= 4 is 39.4 Å². The number of esters is 1. The van der Waals surface area contributed by atoms with Crippen LogP contribution in [0.4, 0.5) is 10.5 Å². The molecule has 182 valence electrons. The van der Waals surface area contributed by atoms with Crippen LogP contribution in [0.2, 0.25) is 0 Å². The van der Waals surface area contributed by atoms with Gasteiger partial charge in [-0.2, -0.15) is 8.42 Å². The summed E-state index contributed by atoms with van der Waals surface area (Å²) in [6.07, 6.45) is -0.347. The van der Waals surface area contributed by atoms with Gasteiger partial charge >= 0.3 is 22.4 Å². The maximum absolute atomic E-state index is 12.4. The Balaban J connectivity index is 2.24. The molecule has 33 heavy (non-hydrogen) atoms. The number of thiazole rings is 1. The van der Waals surface area contributed by atoms with E-state index >= 15 is 0 Å². The van der Waals surface area contributed by atoms with Crippen LogP contribution in [0.15, 0.2) is 29.6 Å².